The third-order valence-electron chi connectivity index (χ3n) is 4.89. The lowest BCUT2D eigenvalue weighted by Gasteiger charge is -2.32. The number of rotatable bonds is 13. The van der Waals surface area contributed by atoms with Gasteiger partial charge in [0.2, 0.25) is 0 Å². The molecule has 0 radical (unpaired) electrons. The Hall–Kier alpha value is -2.53. The van der Waals surface area contributed by atoms with Gasteiger partial charge >= 0.3 is 5.97 Å². The van der Waals surface area contributed by atoms with E-state index in [9.17, 15) is 9.59 Å². The lowest BCUT2D eigenvalue weighted by atomic mass is 10.1. The average molecular weight is 479 g/mol. The van der Waals surface area contributed by atoms with E-state index in [4.69, 9.17) is 23.7 Å². The highest BCUT2D eigenvalue weighted by Crippen LogP contribution is 2.37. The minimum Gasteiger partial charge on any atom is -0.479 e. The average Bonchev–Trinajstić information content (AvgIpc) is 3.29. The Morgan fingerprint density at radius 3 is 2.76 bits per heavy atom. The number of ether oxygens (including phenoxy) is 5. The molecule has 33 heavy (non-hydrogen) atoms. The number of fused-ring (bicyclic) bond motifs is 1. The first kappa shape index (κ1) is 25.1. The summed E-state index contributed by atoms with van der Waals surface area (Å²) in [5.41, 5.74) is 2.15. The van der Waals surface area contributed by atoms with Gasteiger partial charge in [-0.1, -0.05) is 0 Å². The van der Waals surface area contributed by atoms with Crippen LogP contribution in [0.3, 0.4) is 0 Å². The quantitative estimate of drug-likeness (QED) is 0.320. The van der Waals surface area contributed by atoms with Crippen LogP contribution in [-0.4, -0.2) is 76.3 Å². The molecule has 1 atom stereocenters. The first-order chi connectivity index (χ1) is 16.0. The standard InChI is InChI=1S/C23H30N2O7S/c1-4-29-9-10-30-11-12-31-22(26)14-25-19-13-17(5-6-20(19)32-16(2)23(25)27)18-15-33-21(24-18)7-8-28-3/h5-6,13,15-16H,4,7-12,14H2,1-3H3. The molecule has 1 aromatic carbocycles. The molecule has 1 aliphatic heterocycles. The van der Waals surface area contributed by atoms with Crippen LogP contribution in [0, 0.1) is 0 Å². The second kappa shape index (κ2) is 12.6. The van der Waals surface area contributed by atoms with E-state index in [0.717, 1.165) is 22.7 Å². The van der Waals surface area contributed by atoms with Crippen LogP contribution in [0.25, 0.3) is 11.3 Å². The number of esters is 1. The number of amides is 1. The number of carbonyl (C=O) groups excluding carboxylic acids is 2. The number of hydrogen-bond acceptors (Lipinski definition) is 9. The first-order valence-electron chi connectivity index (χ1n) is 10.9. The van der Waals surface area contributed by atoms with Gasteiger partial charge in [-0.05, 0) is 32.0 Å². The summed E-state index contributed by atoms with van der Waals surface area (Å²) >= 11 is 1.55. The van der Waals surface area contributed by atoms with Gasteiger partial charge < -0.3 is 23.7 Å². The van der Waals surface area contributed by atoms with Crippen molar-refractivity contribution in [3.8, 4) is 17.0 Å². The summed E-state index contributed by atoms with van der Waals surface area (Å²) in [6, 6.07) is 5.51. The first-order valence-corrected chi connectivity index (χ1v) is 11.8. The van der Waals surface area contributed by atoms with Crippen molar-refractivity contribution in [2.45, 2.75) is 26.4 Å². The molecule has 0 saturated carbocycles. The highest BCUT2D eigenvalue weighted by molar-refractivity contribution is 7.09. The highest BCUT2D eigenvalue weighted by Gasteiger charge is 2.33. The molecule has 10 heteroatoms. The third-order valence-corrected chi connectivity index (χ3v) is 5.80. The van der Waals surface area contributed by atoms with Crippen molar-refractivity contribution in [3.05, 3.63) is 28.6 Å². The zero-order valence-corrected chi connectivity index (χ0v) is 20.0. The zero-order chi connectivity index (χ0) is 23.6. The third kappa shape index (κ3) is 6.97. The van der Waals surface area contributed by atoms with Crippen LogP contribution in [0.15, 0.2) is 23.6 Å². The van der Waals surface area contributed by atoms with Crippen molar-refractivity contribution >= 4 is 28.9 Å². The predicted molar refractivity (Wildman–Crippen MR) is 124 cm³/mol. The molecule has 0 fully saturated rings. The number of nitrogens with zero attached hydrogens (tertiary/aromatic N) is 2. The van der Waals surface area contributed by atoms with Gasteiger partial charge in [0.05, 0.1) is 42.8 Å². The van der Waals surface area contributed by atoms with Crippen molar-refractivity contribution in [1.82, 2.24) is 4.98 Å². The number of benzene rings is 1. The van der Waals surface area contributed by atoms with Gasteiger partial charge in [0.25, 0.3) is 5.91 Å². The maximum absolute atomic E-state index is 12.8. The minimum absolute atomic E-state index is 0.106. The van der Waals surface area contributed by atoms with Crippen LogP contribution in [0.2, 0.25) is 0 Å². The number of carbonyl (C=O) groups is 2. The van der Waals surface area contributed by atoms with Crippen LogP contribution in [0.1, 0.15) is 18.9 Å². The fourth-order valence-corrected chi connectivity index (χ4v) is 4.02. The fraction of sp³-hybridized carbons (Fsp3) is 0.522. The number of thiazole rings is 1. The molecule has 1 unspecified atom stereocenters. The second-order valence-electron chi connectivity index (χ2n) is 7.27. The Bertz CT molecular complexity index is 933. The van der Waals surface area contributed by atoms with E-state index in [0.29, 0.717) is 37.9 Å². The molecule has 1 aromatic heterocycles. The molecule has 1 amide bonds. The van der Waals surface area contributed by atoms with Gasteiger partial charge in [0.15, 0.2) is 6.10 Å². The topological polar surface area (TPSA) is 96.4 Å². The van der Waals surface area contributed by atoms with E-state index in [2.05, 4.69) is 4.98 Å². The van der Waals surface area contributed by atoms with Crippen molar-refractivity contribution in [2.24, 2.45) is 0 Å². The lowest BCUT2D eigenvalue weighted by Crippen LogP contribution is -2.47. The fourth-order valence-electron chi connectivity index (χ4n) is 3.23. The van der Waals surface area contributed by atoms with Crippen molar-refractivity contribution < 1.29 is 33.3 Å². The molecule has 9 nitrogen and oxygen atoms in total. The van der Waals surface area contributed by atoms with E-state index in [1.807, 2.05) is 24.4 Å². The minimum atomic E-state index is -0.696. The molecule has 0 saturated heterocycles. The number of hydrogen-bond donors (Lipinski definition) is 0. The van der Waals surface area contributed by atoms with Gasteiger partial charge in [-0.15, -0.1) is 11.3 Å². The van der Waals surface area contributed by atoms with E-state index in [1.54, 1.807) is 31.4 Å². The Labute approximate surface area is 197 Å². The summed E-state index contributed by atoms with van der Waals surface area (Å²) < 4.78 is 26.6. The SMILES string of the molecule is CCOCCOCCOC(=O)CN1C(=O)C(C)Oc2ccc(-c3csc(CCOC)n3)cc21. The Balaban J connectivity index is 1.65. The lowest BCUT2D eigenvalue weighted by molar-refractivity contribution is -0.145. The Morgan fingerprint density at radius 2 is 1.97 bits per heavy atom. The second-order valence-corrected chi connectivity index (χ2v) is 8.21. The molecule has 1 aliphatic rings. The maximum atomic E-state index is 12.8. The number of aromatic nitrogens is 1. The van der Waals surface area contributed by atoms with Crippen LogP contribution in [0.4, 0.5) is 5.69 Å². The molecule has 0 spiro atoms. The molecular weight excluding hydrogens is 448 g/mol. The van der Waals surface area contributed by atoms with E-state index in [1.165, 1.54) is 4.90 Å². The molecule has 180 valence electrons. The molecule has 2 heterocycles. The summed E-state index contributed by atoms with van der Waals surface area (Å²) in [4.78, 5) is 31.3. The van der Waals surface area contributed by atoms with Crippen LogP contribution in [-0.2, 0) is 35.0 Å². The summed E-state index contributed by atoms with van der Waals surface area (Å²) in [7, 11) is 1.66. The van der Waals surface area contributed by atoms with Gasteiger partial charge in [0.1, 0.15) is 18.9 Å². The highest BCUT2D eigenvalue weighted by atomic mass is 32.1. The van der Waals surface area contributed by atoms with E-state index < -0.39 is 12.1 Å². The van der Waals surface area contributed by atoms with Crippen LogP contribution in [0.5, 0.6) is 5.75 Å². The summed E-state index contributed by atoms with van der Waals surface area (Å²) in [6.45, 7) is 5.90. The van der Waals surface area contributed by atoms with Gasteiger partial charge in [-0.3, -0.25) is 14.5 Å². The summed E-state index contributed by atoms with van der Waals surface area (Å²) in [6.07, 6.45) is 0.0383. The predicted octanol–water partition coefficient (Wildman–Crippen LogP) is 2.71. The smallest absolute Gasteiger partial charge is 0.326 e. The van der Waals surface area contributed by atoms with Crippen LogP contribution < -0.4 is 9.64 Å². The normalized spacial score (nSPS) is 15.3. The summed E-state index contributed by atoms with van der Waals surface area (Å²) in [5, 5.41) is 2.93. The molecule has 3 rings (SSSR count). The van der Waals surface area contributed by atoms with Gasteiger partial charge in [-0.2, -0.15) is 0 Å². The monoisotopic (exact) mass is 478 g/mol. The largest absolute Gasteiger partial charge is 0.479 e. The molecule has 0 bridgehead atoms. The van der Waals surface area contributed by atoms with E-state index >= 15 is 0 Å². The zero-order valence-electron chi connectivity index (χ0n) is 19.2. The molecular formula is C23H30N2O7S. The number of anilines is 1. The van der Waals surface area contributed by atoms with Crippen LogP contribution >= 0.6 is 11.3 Å². The maximum Gasteiger partial charge on any atom is 0.326 e. The van der Waals surface area contributed by atoms with E-state index in [-0.39, 0.29) is 25.7 Å². The Morgan fingerprint density at radius 1 is 1.18 bits per heavy atom. The molecule has 0 aliphatic carbocycles. The van der Waals surface area contributed by atoms with Crippen molar-refractivity contribution in [1.29, 1.82) is 0 Å². The summed E-state index contributed by atoms with van der Waals surface area (Å²) in [5.74, 6) is -0.283. The van der Waals surface area contributed by atoms with Gasteiger partial charge in [0, 0.05) is 31.1 Å². The number of methoxy groups -OCH3 is 1. The van der Waals surface area contributed by atoms with Gasteiger partial charge in [-0.25, -0.2) is 4.98 Å². The molecule has 2 aromatic rings. The molecule has 0 N–H and O–H groups in total. The van der Waals surface area contributed by atoms with Crippen molar-refractivity contribution in [2.75, 3.05) is 58.2 Å². The van der Waals surface area contributed by atoms with Crippen molar-refractivity contribution in [3.63, 3.8) is 0 Å². The Kier molecular flexibility index (Phi) is 9.61.